The number of hydrogen-bond acceptors (Lipinski definition) is 8. The highest BCUT2D eigenvalue weighted by atomic mass is 32.2. The zero-order chi connectivity index (χ0) is 28.4. The van der Waals surface area contributed by atoms with Gasteiger partial charge in [-0.3, -0.25) is 14.9 Å². The van der Waals surface area contributed by atoms with Gasteiger partial charge in [-0.25, -0.2) is 14.6 Å². The van der Waals surface area contributed by atoms with E-state index in [0.717, 1.165) is 27.7 Å². The summed E-state index contributed by atoms with van der Waals surface area (Å²) in [6, 6.07) is 12.2. The van der Waals surface area contributed by atoms with E-state index in [9.17, 15) is 23.1 Å². The van der Waals surface area contributed by atoms with Gasteiger partial charge in [0.1, 0.15) is 12.4 Å². The van der Waals surface area contributed by atoms with Gasteiger partial charge in [-0.1, -0.05) is 30.3 Å². The van der Waals surface area contributed by atoms with Crippen LogP contribution in [0.25, 0.3) is 0 Å². The summed E-state index contributed by atoms with van der Waals surface area (Å²) in [5.74, 6) is -0.300. The Morgan fingerprint density at radius 2 is 1.92 bits per heavy atom. The lowest BCUT2D eigenvalue weighted by Gasteiger charge is -2.35. The third kappa shape index (κ3) is 6.41. The van der Waals surface area contributed by atoms with Crippen LogP contribution in [0.15, 0.2) is 59.8 Å². The third-order valence-electron chi connectivity index (χ3n) is 5.76. The number of hydrogen-bond donors (Lipinski definition) is 4. The van der Waals surface area contributed by atoms with Crippen molar-refractivity contribution in [3.63, 3.8) is 0 Å². The molecule has 0 saturated carbocycles. The molecule has 0 aliphatic carbocycles. The molecular weight excluding hydrogens is 525 g/mol. The fourth-order valence-electron chi connectivity index (χ4n) is 4.05. The number of sulfonamides is 1. The summed E-state index contributed by atoms with van der Waals surface area (Å²) in [4.78, 5) is 30.0. The van der Waals surface area contributed by atoms with Crippen molar-refractivity contribution in [2.45, 2.75) is 44.5 Å². The quantitative estimate of drug-likeness (QED) is 0.255. The lowest BCUT2D eigenvalue weighted by atomic mass is 9.87. The number of carbonyl (C=O) groups excluding carboxylic acids is 2. The molecule has 4 rings (SSSR count). The second-order valence-electron chi connectivity index (χ2n) is 9.82. The summed E-state index contributed by atoms with van der Waals surface area (Å²) in [6.07, 6.45) is 0.298. The van der Waals surface area contributed by atoms with E-state index in [1.807, 2.05) is 6.07 Å². The maximum absolute atomic E-state index is 13.5. The van der Waals surface area contributed by atoms with Crippen molar-refractivity contribution >= 4 is 52.2 Å². The molecule has 0 saturated heterocycles. The van der Waals surface area contributed by atoms with E-state index in [0.29, 0.717) is 7.48 Å². The zero-order valence-corrected chi connectivity index (χ0v) is 22.4. The number of primary amides is 1. The van der Waals surface area contributed by atoms with Crippen molar-refractivity contribution in [3.8, 4) is 5.75 Å². The fraction of sp³-hybridized carbons (Fsp3) is 0.240. The highest BCUT2D eigenvalue weighted by Gasteiger charge is 2.34. The summed E-state index contributed by atoms with van der Waals surface area (Å²) in [5.41, 5.74) is 6.71. The number of rotatable bonds is 7. The first-order valence-corrected chi connectivity index (χ1v) is 13.4. The van der Waals surface area contributed by atoms with Crippen molar-refractivity contribution in [1.82, 2.24) is 4.98 Å². The number of phenolic OH excluding ortho intramolecular Hbond substituents is 1. The van der Waals surface area contributed by atoms with Gasteiger partial charge in [0.2, 0.25) is 0 Å². The number of fused-ring (bicyclic) bond motifs is 1. The van der Waals surface area contributed by atoms with Gasteiger partial charge in [0.05, 0.1) is 29.9 Å². The fourth-order valence-corrected chi connectivity index (χ4v) is 5.22. The average Bonchev–Trinajstić information content (AvgIpc) is 3.29. The molecule has 0 spiro atoms. The topological polar surface area (TPSA) is 173 Å². The minimum Gasteiger partial charge on any atom is -0.506 e. The van der Waals surface area contributed by atoms with Gasteiger partial charge >= 0.3 is 19.6 Å². The highest BCUT2D eigenvalue weighted by molar-refractivity contribution is 7.92. The van der Waals surface area contributed by atoms with E-state index in [4.69, 9.17) is 15.1 Å². The monoisotopic (exact) mass is 553 g/mol. The number of amides is 3. The molecule has 2 heterocycles. The number of urea groups is 1. The van der Waals surface area contributed by atoms with E-state index < -0.39 is 32.7 Å². The van der Waals surface area contributed by atoms with Gasteiger partial charge < -0.3 is 20.2 Å². The minimum atomic E-state index is -4.47. The maximum Gasteiger partial charge on any atom is 0.412 e. The van der Waals surface area contributed by atoms with Gasteiger partial charge in [-0.2, -0.15) is 8.42 Å². The number of phenols is 1. The van der Waals surface area contributed by atoms with E-state index >= 15 is 0 Å². The van der Waals surface area contributed by atoms with Gasteiger partial charge in [-0.15, -0.1) is 0 Å². The Bertz CT molecular complexity index is 1510. The number of ether oxygens (including phenoxy) is 1. The summed E-state index contributed by atoms with van der Waals surface area (Å²) in [5, 5.41) is 12.4. The Kier molecular flexibility index (Phi) is 7.70. The van der Waals surface area contributed by atoms with Crippen molar-refractivity contribution in [1.29, 1.82) is 0 Å². The standard InChI is InChI=1S/C25H28BN5O7S/c1-25(2,3)31(23(27)33)20-10-17(29-24(34)37-13-15-7-5-4-6-8-15)12-28-22(20)39(35,36)30-19-9-16-14-38-26-18(16)11-21(19)32/h4-12,26,30,32H,13-14H2,1-3H3,(H2,27,33)(H,29,34). The largest absolute Gasteiger partial charge is 0.506 e. The Morgan fingerprint density at radius 1 is 1.21 bits per heavy atom. The van der Waals surface area contributed by atoms with Gasteiger partial charge in [-0.05, 0) is 55.6 Å². The first-order valence-electron chi connectivity index (χ1n) is 11.9. The molecule has 0 unspecified atom stereocenters. The van der Waals surface area contributed by atoms with Crippen LogP contribution in [0.3, 0.4) is 0 Å². The molecule has 2 aromatic carbocycles. The minimum absolute atomic E-state index is 0.00799. The van der Waals surface area contributed by atoms with Crippen LogP contribution in [-0.2, 0) is 32.6 Å². The Morgan fingerprint density at radius 3 is 2.59 bits per heavy atom. The molecule has 204 valence electrons. The molecule has 3 aromatic rings. The Labute approximate surface area is 226 Å². The smallest absolute Gasteiger partial charge is 0.412 e. The number of nitrogens with zero attached hydrogens (tertiary/aromatic N) is 2. The molecule has 1 aliphatic heterocycles. The molecule has 0 fully saturated rings. The Balaban J connectivity index is 1.67. The molecular formula is C25H28BN5O7S. The van der Waals surface area contributed by atoms with Gasteiger partial charge in [0.15, 0.2) is 5.03 Å². The van der Waals surface area contributed by atoms with Crippen molar-refractivity contribution < 1.29 is 32.5 Å². The molecule has 0 atom stereocenters. The highest BCUT2D eigenvalue weighted by Crippen LogP contribution is 2.34. The second kappa shape index (κ2) is 10.8. The van der Waals surface area contributed by atoms with Crippen LogP contribution in [0, 0.1) is 0 Å². The van der Waals surface area contributed by atoms with E-state index in [1.165, 1.54) is 18.2 Å². The average molecular weight is 553 g/mol. The molecule has 14 heteroatoms. The molecule has 0 bridgehead atoms. The number of pyridine rings is 1. The van der Waals surface area contributed by atoms with Gasteiger partial charge in [0, 0.05) is 5.54 Å². The van der Waals surface area contributed by atoms with Crippen LogP contribution in [0.5, 0.6) is 5.75 Å². The number of anilines is 3. The summed E-state index contributed by atoms with van der Waals surface area (Å²) in [7, 11) is -4.16. The lowest BCUT2D eigenvalue weighted by Crippen LogP contribution is -2.49. The SMILES string of the molecule is CC(C)(C)N(C(N)=O)c1cc(NC(=O)OCc2ccccc2)cnc1S(=O)(=O)Nc1cc2c(cc1O)BOC2. The molecule has 12 nitrogen and oxygen atoms in total. The predicted octanol–water partition coefficient (Wildman–Crippen LogP) is 2.53. The second-order valence-corrected chi connectivity index (χ2v) is 11.4. The number of benzene rings is 2. The maximum atomic E-state index is 13.5. The first kappa shape index (κ1) is 27.7. The van der Waals surface area contributed by atoms with Crippen LogP contribution in [0.4, 0.5) is 26.7 Å². The molecule has 1 aliphatic rings. The molecule has 5 N–H and O–H groups in total. The lowest BCUT2D eigenvalue weighted by molar-refractivity contribution is 0.155. The summed E-state index contributed by atoms with van der Waals surface area (Å²) in [6.45, 7) is 5.24. The number of nitrogens with one attached hydrogen (secondary N) is 2. The molecule has 1 aromatic heterocycles. The molecule has 3 amide bonds. The number of carbonyl (C=O) groups is 2. The van der Waals surface area contributed by atoms with Crippen LogP contribution >= 0.6 is 0 Å². The number of aromatic hydroxyl groups is 1. The summed E-state index contributed by atoms with van der Waals surface area (Å²) < 4.78 is 39.9. The van der Waals surface area contributed by atoms with Crippen molar-refractivity contribution in [2.75, 3.05) is 14.9 Å². The zero-order valence-electron chi connectivity index (χ0n) is 21.6. The number of aromatic nitrogens is 1. The number of nitrogens with two attached hydrogens (primary N) is 1. The van der Waals surface area contributed by atoms with Crippen LogP contribution in [-0.4, -0.2) is 43.7 Å². The van der Waals surface area contributed by atoms with Crippen molar-refractivity contribution in [2.24, 2.45) is 5.73 Å². The predicted molar refractivity (Wildman–Crippen MR) is 147 cm³/mol. The third-order valence-corrected chi connectivity index (χ3v) is 7.07. The van der Waals surface area contributed by atoms with Crippen LogP contribution < -0.4 is 26.1 Å². The first-order chi connectivity index (χ1) is 18.3. The molecule has 39 heavy (non-hydrogen) atoms. The Hall–Kier alpha value is -4.30. The summed E-state index contributed by atoms with van der Waals surface area (Å²) >= 11 is 0. The normalized spacial score (nSPS) is 12.7. The van der Waals surface area contributed by atoms with E-state index in [1.54, 1.807) is 45.0 Å². The van der Waals surface area contributed by atoms with E-state index in [2.05, 4.69) is 15.0 Å². The van der Waals surface area contributed by atoms with Crippen LogP contribution in [0.1, 0.15) is 31.9 Å². The van der Waals surface area contributed by atoms with Gasteiger partial charge in [0.25, 0.3) is 10.0 Å². The van der Waals surface area contributed by atoms with E-state index in [-0.39, 0.29) is 36.0 Å². The van der Waals surface area contributed by atoms with Crippen LogP contribution in [0.2, 0.25) is 0 Å². The molecule has 0 radical (unpaired) electrons. The van der Waals surface area contributed by atoms with Crippen molar-refractivity contribution in [3.05, 3.63) is 65.9 Å².